The molecule has 1 aliphatic rings. The number of benzene rings is 1. The standard InChI is InChI=1S/C19H15FN2O4S/c20-13-3-5-15(6-4-13)22-10-12(8-18(22)23)19(24)25-11-14-9-16(26-21-14)17-2-1-7-27-17/h1-7,9,12H,8,10-11H2/t12-/m1/s1. The van der Waals surface area contributed by atoms with Gasteiger partial charge in [-0.05, 0) is 35.7 Å². The summed E-state index contributed by atoms with van der Waals surface area (Å²) >= 11 is 1.53. The zero-order chi connectivity index (χ0) is 18.8. The molecule has 3 heterocycles. The van der Waals surface area contributed by atoms with Gasteiger partial charge in [-0.15, -0.1) is 11.3 Å². The van der Waals surface area contributed by atoms with E-state index in [1.54, 1.807) is 6.07 Å². The number of hydrogen-bond donors (Lipinski definition) is 0. The summed E-state index contributed by atoms with van der Waals surface area (Å²) in [7, 11) is 0. The Bertz CT molecular complexity index is 953. The highest BCUT2D eigenvalue weighted by Crippen LogP contribution is 2.27. The normalized spacial score (nSPS) is 16.7. The number of aromatic nitrogens is 1. The molecule has 1 fully saturated rings. The third-order valence-corrected chi connectivity index (χ3v) is 5.17. The lowest BCUT2D eigenvalue weighted by atomic mass is 10.1. The van der Waals surface area contributed by atoms with Gasteiger partial charge in [-0.3, -0.25) is 9.59 Å². The average Bonchev–Trinajstić information content (AvgIpc) is 3.41. The van der Waals surface area contributed by atoms with E-state index in [2.05, 4.69) is 5.16 Å². The van der Waals surface area contributed by atoms with Crippen molar-refractivity contribution in [2.75, 3.05) is 11.4 Å². The van der Waals surface area contributed by atoms with E-state index >= 15 is 0 Å². The quantitative estimate of drug-likeness (QED) is 0.626. The van der Waals surface area contributed by atoms with Crippen LogP contribution in [0.25, 0.3) is 10.6 Å². The van der Waals surface area contributed by atoms with E-state index in [0.717, 1.165) is 4.88 Å². The molecule has 8 heteroatoms. The molecule has 1 aliphatic heterocycles. The fourth-order valence-corrected chi connectivity index (χ4v) is 3.59. The first kappa shape index (κ1) is 17.4. The van der Waals surface area contributed by atoms with Crippen LogP contribution < -0.4 is 4.90 Å². The molecule has 0 N–H and O–H groups in total. The number of amides is 1. The van der Waals surface area contributed by atoms with Crippen LogP contribution in [0.2, 0.25) is 0 Å². The van der Waals surface area contributed by atoms with Gasteiger partial charge in [0.25, 0.3) is 0 Å². The van der Waals surface area contributed by atoms with E-state index in [4.69, 9.17) is 9.26 Å². The Hall–Kier alpha value is -3.00. The van der Waals surface area contributed by atoms with E-state index in [9.17, 15) is 14.0 Å². The largest absolute Gasteiger partial charge is 0.459 e. The van der Waals surface area contributed by atoms with Crippen molar-refractivity contribution in [2.45, 2.75) is 13.0 Å². The maximum Gasteiger partial charge on any atom is 0.311 e. The van der Waals surface area contributed by atoms with Crippen LogP contribution in [0.5, 0.6) is 0 Å². The van der Waals surface area contributed by atoms with Crippen LogP contribution in [0.4, 0.5) is 10.1 Å². The molecule has 0 bridgehead atoms. The number of carbonyl (C=O) groups excluding carboxylic acids is 2. The molecule has 27 heavy (non-hydrogen) atoms. The Labute approximate surface area is 158 Å². The first-order chi connectivity index (χ1) is 13.1. The topological polar surface area (TPSA) is 72.6 Å². The number of rotatable bonds is 5. The van der Waals surface area contributed by atoms with Crippen molar-refractivity contribution in [1.82, 2.24) is 5.16 Å². The average molecular weight is 386 g/mol. The SMILES string of the molecule is O=C(OCc1cc(-c2cccs2)on1)[C@@H]1CC(=O)N(c2ccc(F)cc2)C1. The fraction of sp³-hybridized carbons (Fsp3) is 0.211. The molecule has 1 atom stereocenters. The highest BCUT2D eigenvalue weighted by atomic mass is 32.1. The predicted octanol–water partition coefficient (Wildman–Crippen LogP) is 3.64. The molecule has 0 spiro atoms. The second kappa shape index (κ2) is 7.32. The van der Waals surface area contributed by atoms with Crippen molar-refractivity contribution in [3.05, 3.63) is 59.4 Å². The molecule has 0 unspecified atom stereocenters. The monoisotopic (exact) mass is 386 g/mol. The Morgan fingerprint density at radius 1 is 1.33 bits per heavy atom. The number of hydrogen-bond acceptors (Lipinski definition) is 6. The van der Waals surface area contributed by atoms with Crippen molar-refractivity contribution < 1.29 is 23.2 Å². The van der Waals surface area contributed by atoms with Crippen molar-refractivity contribution in [3.8, 4) is 10.6 Å². The van der Waals surface area contributed by atoms with Crippen molar-refractivity contribution in [3.63, 3.8) is 0 Å². The molecule has 1 saturated heterocycles. The van der Waals surface area contributed by atoms with Crippen LogP contribution >= 0.6 is 11.3 Å². The molecule has 0 aliphatic carbocycles. The van der Waals surface area contributed by atoms with Crippen molar-refractivity contribution in [1.29, 1.82) is 0 Å². The number of thiophene rings is 1. The highest BCUT2D eigenvalue weighted by Gasteiger charge is 2.36. The molecule has 1 aromatic carbocycles. The number of esters is 1. The van der Waals surface area contributed by atoms with Crippen LogP contribution in [0.15, 0.2) is 52.4 Å². The van der Waals surface area contributed by atoms with E-state index in [1.165, 1.54) is 40.5 Å². The highest BCUT2D eigenvalue weighted by molar-refractivity contribution is 7.13. The van der Waals surface area contributed by atoms with Gasteiger partial charge < -0.3 is 14.2 Å². The van der Waals surface area contributed by atoms with Crippen LogP contribution in [0, 0.1) is 11.7 Å². The van der Waals surface area contributed by atoms with Gasteiger partial charge in [-0.2, -0.15) is 0 Å². The van der Waals surface area contributed by atoms with Crippen LogP contribution in [-0.4, -0.2) is 23.6 Å². The fourth-order valence-electron chi connectivity index (χ4n) is 2.91. The number of carbonyl (C=O) groups is 2. The molecule has 6 nitrogen and oxygen atoms in total. The predicted molar refractivity (Wildman–Crippen MR) is 96.5 cm³/mol. The number of nitrogens with zero attached hydrogens (tertiary/aromatic N) is 2. The summed E-state index contributed by atoms with van der Waals surface area (Å²) in [6.45, 7) is 0.192. The Kier molecular flexibility index (Phi) is 4.72. The zero-order valence-electron chi connectivity index (χ0n) is 14.1. The van der Waals surface area contributed by atoms with Gasteiger partial charge in [0.1, 0.15) is 18.1 Å². The molecule has 0 radical (unpaired) electrons. The van der Waals surface area contributed by atoms with Gasteiger partial charge in [0.2, 0.25) is 5.91 Å². The summed E-state index contributed by atoms with van der Waals surface area (Å²) in [6.07, 6.45) is 0.0650. The van der Waals surface area contributed by atoms with E-state index in [0.29, 0.717) is 17.1 Å². The smallest absolute Gasteiger partial charge is 0.311 e. The summed E-state index contributed by atoms with van der Waals surface area (Å²) < 4.78 is 23.6. The second-order valence-electron chi connectivity index (χ2n) is 6.15. The molecule has 4 rings (SSSR count). The lowest BCUT2D eigenvalue weighted by Gasteiger charge is -2.16. The maximum absolute atomic E-state index is 13.0. The molecule has 138 valence electrons. The third-order valence-electron chi connectivity index (χ3n) is 4.28. The summed E-state index contributed by atoms with van der Waals surface area (Å²) in [5.41, 5.74) is 1.07. The summed E-state index contributed by atoms with van der Waals surface area (Å²) in [5, 5.41) is 5.83. The Balaban J connectivity index is 1.35. The van der Waals surface area contributed by atoms with E-state index < -0.39 is 11.9 Å². The van der Waals surface area contributed by atoms with Gasteiger partial charge in [0, 0.05) is 24.7 Å². The molecule has 3 aromatic rings. The van der Waals surface area contributed by atoms with Crippen LogP contribution in [0.3, 0.4) is 0 Å². The number of anilines is 1. The van der Waals surface area contributed by atoms with Crippen LogP contribution in [-0.2, 0) is 20.9 Å². The summed E-state index contributed by atoms with van der Waals surface area (Å²) in [6, 6.07) is 11.1. The lowest BCUT2D eigenvalue weighted by Crippen LogP contribution is -2.26. The first-order valence-corrected chi connectivity index (χ1v) is 9.20. The lowest BCUT2D eigenvalue weighted by molar-refractivity contribution is -0.149. The summed E-state index contributed by atoms with van der Waals surface area (Å²) in [4.78, 5) is 26.9. The molecule has 1 amide bonds. The minimum Gasteiger partial charge on any atom is -0.459 e. The van der Waals surface area contributed by atoms with Gasteiger partial charge in [0.05, 0.1) is 10.8 Å². The number of ether oxygens (including phenoxy) is 1. The van der Waals surface area contributed by atoms with Gasteiger partial charge in [0.15, 0.2) is 5.76 Å². The Morgan fingerprint density at radius 2 is 2.15 bits per heavy atom. The van der Waals surface area contributed by atoms with E-state index in [1.807, 2.05) is 17.5 Å². The third kappa shape index (κ3) is 3.75. The van der Waals surface area contributed by atoms with E-state index in [-0.39, 0.29) is 31.3 Å². The minimum absolute atomic E-state index is 0.0189. The zero-order valence-corrected chi connectivity index (χ0v) is 14.9. The Morgan fingerprint density at radius 3 is 2.89 bits per heavy atom. The van der Waals surface area contributed by atoms with Crippen molar-refractivity contribution >= 4 is 28.9 Å². The molecular weight excluding hydrogens is 371 g/mol. The molecule has 0 saturated carbocycles. The van der Waals surface area contributed by atoms with Crippen molar-refractivity contribution in [2.24, 2.45) is 5.92 Å². The van der Waals surface area contributed by atoms with Gasteiger partial charge in [-0.1, -0.05) is 11.2 Å². The summed E-state index contributed by atoms with van der Waals surface area (Å²) in [5.74, 6) is -0.977. The van der Waals surface area contributed by atoms with Gasteiger partial charge in [-0.25, -0.2) is 4.39 Å². The first-order valence-electron chi connectivity index (χ1n) is 8.32. The number of halogens is 1. The molecular formula is C19H15FN2O4S. The molecule has 2 aromatic heterocycles. The second-order valence-corrected chi connectivity index (χ2v) is 7.10. The van der Waals surface area contributed by atoms with Gasteiger partial charge >= 0.3 is 5.97 Å². The maximum atomic E-state index is 13.0. The minimum atomic E-state index is -0.564. The van der Waals surface area contributed by atoms with Crippen LogP contribution in [0.1, 0.15) is 12.1 Å².